The Morgan fingerprint density at radius 2 is 1.63 bits per heavy atom. The van der Waals surface area contributed by atoms with Gasteiger partial charge in [-0.25, -0.2) is 4.79 Å². The minimum atomic E-state index is -0.577. The number of dihydropyridines is 1. The van der Waals surface area contributed by atoms with Crippen molar-refractivity contribution in [3.63, 3.8) is 0 Å². The number of carbonyl (C=O) groups excluding carboxylic acids is 2. The molecule has 0 aromatic heterocycles. The monoisotopic (exact) mass is 551 g/mol. The van der Waals surface area contributed by atoms with Crippen LogP contribution in [0.15, 0.2) is 101 Å². The van der Waals surface area contributed by atoms with E-state index in [1.165, 1.54) is 0 Å². The van der Waals surface area contributed by atoms with Crippen LogP contribution in [0.1, 0.15) is 62.1 Å². The minimum absolute atomic E-state index is 0.0302. The average Bonchev–Trinajstić information content (AvgIpc) is 2.99. The largest absolute Gasteiger partial charge is 0.493 e. The fraction of sp³-hybridized carbons (Fsp3) is 0.314. The Balaban J connectivity index is 1.53. The molecule has 0 unspecified atom stereocenters. The summed E-state index contributed by atoms with van der Waals surface area (Å²) < 4.78 is 17.5. The van der Waals surface area contributed by atoms with E-state index < -0.39 is 11.9 Å². The fourth-order valence-electron chi connectivity index (χ4n) is 5.64. The third kappa shape index (κ3) is 6.22. The first-order valence-corrected chi connectivity index (χ1v) is 14.2. The quantitative estimate of drug-likeness (QED) is 0.294. The van der Waals surface area contributed by atoms with E-state index in [1.807, 2.05) is 87.5 Å². The Labute approximate surface area is 242 Å². The van der Waals surface area contributed by atoms with Gasteiger partial charge in [0.1, 0.15) is 6.61 Å². The third-order valence-corrected chi connectivity index (χ3v) is 7.62. The SMILES string of the molecule is COc1cc([C@@H]2C(C(=O)OCC(C)C)=C(C)NC3=C2C(=O)C[C@@H](c2ccccc2)C3)ccc1OCc1ccccc1. The van der Waals surface area contributed by atoms with Crippen molar-refractivity contribution in [1.29, 1.82) is 0 Å². The van der Waals surface area contributed by atoms with E-state index in [2.05, 4.69) is 17.4 Å². The first kappa shape index (κ1) is 28.2. The average molecular weight is 552 g/mol. The van der Waals surface area contributed by atoms with Crippen LogP contribution in [0, 0.1) is 5.92 Å². The number of rotatable bonds is 9. The van der Waals surface area contributed by atoms with Crippen molar-refractivity contribution in [2.45, 2.75) is 52.1 Å². The van der Waals surface area contributed by atoms with Crippen LogP contribution in [0.2, 0.25) is 0 Å². The highest BCUT2D eigenvalue weighted by Gasteiger charge is 2.41. The lowest BCUT2D eigenvalue weighted by atomic mass is 9.71. The number of esters is 1. The number of benzene rings is 3. The minimum Gasteiger partial charge on any atom is -0.493 e. The van der Waals surface area contributed by atoms with Gasteiger partial charge in [-0.05, 0) is 54.0 Å². The molecule has 2 aliphatic rings. The standard InChI is InChI=1S/C35H37NO5/c1-22(2)20-41-35(38)32-23(3)36-28-17-27(25-13-9-6-10-14-25)18-29(37)34(28)33(32)26-15-16-30(31(19-26)39-4)40-21-24-11-7-5-8-12-24/h5-16,19,22,27,33,36H,17-18,20-21H2,1-4H3/t27-,33+/m0/s1. The van der Waals surface area contributed by atoms with Crippen LogP contribution in [-0.2, 0) is 20.9 Å². The molecule has 0 amide bonds. The summed E-state index contributed by atoms with van der Waals surface area (Å²) in [5, 5.41) is 3.43. The number of carbonyl (C=O) groups is 2. The lowest BCUT2D eigenvalue weighted by molar-refractivity contribution is -0.140. The Hall–Kier alpha value is -4.32. The number of ketones is 1. The molecule has 0 saturated carbocycles. The summed E-state index contributed by atoms with van der Waals surface area (Å²) in [6.45, 7) is 6.57. The molecule has 212 valence electrons. The summed E-state index contributed by atoms with van der Waals surface area (Å²) in [4.78, 5) is 27.4. The maximum Gasteiger partial charge on any atom is 0.336 e. The number of nitrogens with one attached hydrogen (secondary N) is 1. The highest BCUT2D eigenvalue weighted by molar-refractivity contribution is 6.04. The maximum atomic E-state index is 13.9. The molecule has 1 aliphatic carbocycles. The van der Waals surface area contributed by atoms with Gasteiger partial charge in [0, 0.05) is 29.3 Å². The molecule has 3 aromatic carbocycles. The topological polar surface area (TPSA) is 73.9 Å². The molecule has 1 aliphatic heterocycles. The van der Waals surface area contributed by atoms with Crippen LogP contribution in [0.25, 0.3) is 0 Å². The first-order chi connectivity index (χ1) is 19.9. The van der Waals surface area contributed by atoms with Crippen molar-refractivity contribution in [3.8, 4) is 11.5 Å². The molecule has 6 heteroatoms. The molecule has 0 spiro atoms. The predicted octanol–water partition coefficient (Wildman–Crippen LogP) is 6.84. The van der Waals surface area contributed by atoms with Gasteiger partial charge in [0.2, 0.25) is 0 Å². The van der Waals surface area contributed by atoms with E-state index in [4.69, 9.17) is 14.2 Å². The molecule has 3 aromatic rings. The molecule has 1 heterocycles. The number of Topliss-reactive ketones (excluding diaryl/α,β-unsaturated/α-hetero) is 1. The van der Waals surface area contributed by atoms with Gasteiger partial charge in [-0.15, -0.1) is 0 Å². The zero-order valence-electron chi connectivity index (χ0n) is 24.1. The second-order valence-electron chi connectivity index (χ2n) is 11.1. The highest BCUT2D eigenvalue weighted by Crippen LogP contribution is 2.47. The second kappa shape index (κ2) is 12.5. The normalized spacial score (nSPS) is 18.6. The van der Waals surface area contributed by atoms with E-state index in [-0.39, 0.29) is 17.6 Å². The number of hydrogen-bond acceptors (Lipinski definition) is 6. The maximum absolute atomic E-state index is 13.9. The van der Waals surface area contributed by atoms with E-state index >= 15 is 0 Å². The molecule has 0 radical (unpaired) electrons. The van der Waals surface area contributed by atoms with E-state index in [1.54, 1.807) is 7.11 Å². The van der Waals surface area contributed by atoms with Gasteiger partial charge in [0.25, 0.3) is 0 Å². The van der Waals surface area contributed by atoms with E-state index in [9.17, 15) is 9.59 Å². The van der Waals surface area contributed by atoms with Crippen LogP contribution in [0.5, 0.6) is 11.5 Å². The summed E-state index contributed by atoms with van der Waals surface area (Å²) in [5.74, 6) is 0.426. The van der Waals surface area contributed by atoms with Crippen molar-refractivity contribution in [2.24, 2.45) is 5.92 Å². The Morgan fingerprint density at radius 3 is 2.32 bits per heavy atom. The van der Waals surface area contributed by atoms with Gasteiger partial charge in [0.05, 0.1) is 19.3 Å². The zero-order valence-corrected chi connectivity index (χ0v) is 24.1. The fourth-order valence-corrected chi connectivity index (χ4v) is 5.64. The van der Waals surface area contributed by atoms with Crippen LogP contribution < -0.4 is 14.8 Å². The molecule has 0 saturated heterocycles. The van der Waals surface area contributed by atoms with Gasteiger partial charge in [-0.1, -0.05) is 80.6 Å². The molecule has 41 heavy (non-hydrogen) atoms. The van der Waals surface area contributed by atoms with Crippen molar-refractivity contribution >= 4 is 11.8 Å². The smallest absolute Gasteiger partial charge is 0.336 e. The molecule has 5 rings (SSSR count). The number of hydrogen-bond donors (Lipinski definition) is 1. The summed E-state index contributed by atoms with van der Waals surface area (Å²) >= 11 is 0. The van der Waals surface area contributed by atoms with Gasteiger partial charge in [0.15, 0.2) is 17.3 Å². The van der Waals surface area contributed by atoms with Gasteiger partial charge >= 0.3 is 5.97 Å². The molecule has 2 atom stereocenters. The van der Waals surface area contributed by atoms with Crippen molar-refractivity contribution < 1.29 is 23.8 Å². The van der Waals surface area contributed by atoms with E-state index in [0.717, 1.165) is 22.4 Å². The summed E-state index contributed by atoms with van der Waals surface area (Å²) in [6, 6.07) is 25.7. The Morgan fingerprint density at radius 1 is 0.927 bits per heavy atom. The molecule has 0 fully saturated rings. The van der Waals surface area contributed by atoms with Gasteiger partial charge in [-0.3, -0.25) is 4.79 Å². The number of ether oxygens (including phenoxy) is 3. The molecule has 0 bridgehead atoms. The van der Waals surface area contributed by atoms with Gasteiger partial charge < -0.3 is 19.5 Å². The first-order valence-electron chi connectivity index (χ1n) is 14.2. The van der Waals surface area contributed by atoms with Crippen molar-refractivity contribution in [3.05, 3.63) is 118 Å². The molecule has 6 nitrogen and oxygen atoms in total. The Bertz CT molecular complexity index is 1470. The molecular formula is C35H37NO5. The summed E-state index contributed by atoms with van der Waals surface area (Å²) in [5.41, 5.74) is 5.60. The van der Waals surface area contributed by atoms with Crippen molar-refractivity contribution in [2.75, 3.05) is 13.7 Å². The second-order valence-corrected chi connectivity index (χ2v) is 11.1. The van der Waals surface area contributed by atoms with Crippen LogP contribution in [-0.4, -0.2) is 25.5 Å². The highest BCUT2D eigenvalue weighted by atomic mass is 16.5. The Kier molecular flexibility index (Phi) is 8.58. The number of methoxy groups -OCH3 is 1. The van der Waals surface area contributed by atoms with E-state index in [0.29, 0.717) is 54.4 Å². The third-order valence-electron chi connectivity index (χ3n) is 7.62. The zero-order chi connectivity index (χ0) is 28.9. The van der Waals surface area contributed by atoms with Crippen LogP contribution in [0.4, 0.5) is 0 Å². The van der Waals surface area contributed by atoms with Crippen LogP contribution in [0.3, 0.4) is 0 Å². The van der Waals surface area contributed by atoms with Crippen molar-refractivity contribution in [1.82, 2.24) is 5.32 Å². The van der Waals surface area contributed by atoms with Crippen LogP contribution >= 0.6 is 0 Å². The lowest BCUT2D eigenvalue weighted by Crippen LogP contribution is -2.36. The predicted molar refractivity (Wildman–Crippen MR) is 159 cm³/mol. The summed E-state index contributed by atoms with van der Waals surface area (Å²) in [7, 11) is 1.59. The number of allylic oxidation sites excluding steroid dienone is 3. The summed E-state index contributed by atoms with van der Waals surface area (Å²) in [6.07, 6.45) is 1.06. The lowest BCUT2D eigenvalue weighted by Gasteiger charge is -2.37. The molecular weight excluding hydrogens is 514 g/mol. The molecule has 1 N–H and O–H groups in total. The van der Waals surface area contributed by atoms with Gasteiger partial charge in [-0.2, -0.15) is 0 Å².